The fourth-order valence-corrected chi connectivity index (χ4v) is 3.46. The molecule has 1 aromatic rings. The van der Waals surface area contributed by atoms with Crippen LogP contribution in [-0.4, -0.2) is 26.5 Å². The van der Waals surface area contributed by atoms with Crippen LogP contribution in [0.3, 0.4) is 0 Å². The highest BCUT2D eigenvalue weighted by atomic mass is 32.2. The Labute approximate surface area is 112 Å². The number of anilines is 1. The molecule has 3 N–H and O–H groups in total. The highest BCUT2D eigenvalue weighted by Crippen LogP contribution is 2.24. The van der Waals surface area contributed by atoms with Crippen LogP contribution in [0.4, 0.5) is 5.69 Å². The number of benzene rings is 1. The Kier molecular flexibility index (Phi) is 6.05. The zero-order valence-corrected chi connectivity index (χ0v) is 11.8. The Morgan fingerprint density at radius 3 is 2.78 bits per heavy atom. The summed E-state index contributed by atoms with van der Waals surface area (Å²) in [5.41, 5.74) is 6.44. The molecule has 0 aliphatic rings. The van der Waals surface area contributed by atoms with Gasteiger partial charge in [-0.2, -0.15) is 0 Å². The Morgan fingerprint density at radius 2 is 2.11 bits per heavy atom. The summed E-state index contributed by atoms with van der Waals surface area (Å²) in [6, 6.07) is 7.40. The summed E-state index contributed by atoms with van der Waals surface area (Å²) in [5.74, 6) is 5.80. The van der Waals surface area contributed by atoms with E-state index in [-0.39, 0.29) is 12.3 Å². The number of hydrogen-bond acceptors (Lipinski definition) is 4. The molecule has 0 amide bonds. The smallest absolute Gasteiger partial charge is 0.213 e. The van der Waals surface area contributed by atoms with Gasteiger partial charge in [0.2, 0.25) is 10.0 Å². The summed E-state index contributed by atoms with van der Waals surface area (Å²) in [6.45, 7) is 1.83. The molecule has 0 bridgehead atoms. The number of nitrogen functional groups attached to an aromatic ring is 1. The van der Waals surface area contributed by atoms with Crippen molar-refractivity contribution in [2.75, 3.05) is 23.8 Å². The maximum absolute atomic E-state index is 11.6. The third kappa shape index (κ3) is 5.45. The van der Waals surface area contributed by atoms with E-state index in [0.29, 0.717) is 11.4 Å². The van der Waals surface area contributed by atoms with Gasteiger partial charge in [-0.25, -0.2) is 13.1 Å². The lowest BCUT2D eigenvalue weighted by atomic mass is 10.3. The molecule has 4 nitrogen and oxygen atoms in total. The van der Waals surface area contributed by atoms with Crippen LogP contribution in [0.25, 0.3) is 0 Å². The van der Waals surface area contributed by atoms with Crippen molar-refractivity contribution in [1.29, 1.82) is 0 Å². The third-order valence-electron chi connectivity index (χ3n) is 2.09. The van der Waals surface area contributed by atoms with Crippen LogP contribution < -0.4 is 10.5 Å². The zero-order chi connectivity index (χ0) is 13.4. The van der Waals surface area contributed by atoms with Gasteiger partial charge in [0, 0.05) is 16.3 Å². The van der Waals surface area contributed by atoms with E-state index in [1.54, 1.807) is 13.0 Å². The number of sulfonamides is 1. The van der Waals surface area contributed by atoms with Crippen molar-refractivity contribution in [3.63, 3.8) is 0 Å². The van der Waals surface area contributed by atoms with Crippen LogP contribution in [0.5, 0.6) is 0 Å². The van der Waals surface area contributed by atoms with Gasteiger partial charge >= 0.3 is 0 Å². The Morgan fingerprint density at radius 1 is 1.39 bits per heavy atom. The predicted octanol–water partition coefficient (Wildman–Crippen LogP) is 1.30. The fourth-order valence-electron chi connectivity index (χ4n) is 1.18. The first-order valence-electron chi connectivity index (χ1n) is 5.39. The Balaban J connectivity index is 2.41. The first-order chi connectivity index (χ1) is 8.55. The normalized spacial score (nSPS) is 10.7. The van der Waals surface area contributed by atoms with E-state index in [1.807, 2.05) is 18.2 Å². The molecule has 0 spiro atoms. The average molecular weight is 284 g/mol. The van der Waals surface area contributed by atoms with Crippen LogP contribution in [0.1, 0.15) is 6.92 Å². The van der Waals surface area contributed by atoms with E-state index in [9.17, 15) is 8.42 Å². The lowest BCUT2D eigenvalue weighted by Gasteiger charge is -2.06. The third-order valence-corrected chi connectivity index (χ3v) is 4.76. The second-order valence-corrected chi connectivity index (χ2v) is 6.52. The van der Waals surface area contributed by atoms with Gasteiger partial charge < -0.3 is 5.73 Å². The molecule has 98 valence electrons. The van der Waals surface area contributed by atoms with Gasteiger partial charge in [-0.1, -0.05) is 18.1 Å². The molecule has 0 atom stereocenters. The van der Waals surface area contributed by atoms with Crippen molar-refractivity contribution in [1.82, 2.24) is 4.72 Å². The van der Waals surface area contributed by atoms with E-state index >= 15 is 0 Å². The van der Waals surface area contributed by atoms with Crippen LogP contribution in [0, 0.1) is 11.8 Å². The maximum Gasteiger partial charge on any atom is 0.213 e. The summed E-state index contributed by atoms with van der Waals surface area (Å²) >= 11 is 1.43. The minimum Gasteiger partial charge on any atom is -0.398 e. The van der Waals surface area contributed by atoms with Crippen molar-refractivity contribution in [2.45, 2.75) is 11.8 Å². The van der Waals surface area contributed by atoms with Gasteiger partial charge in [-0.15, -0.1) is 17.7 Å². The van der Waals surface area contributed by atoms with Crippen molar-refractivity contribution in [3.05, 3.63) is 24.3 Å². The van der Waals surface area contributed by atoms with Crippen molar-refractivity contribution in [2.24, 2.45) is 0 Å². The molecule has 0 saturated carbocycles. The van der Waals surface area contributed by atoms with Crippen LogP contribution in [0.2, 0.25) is 0 Å². The molecule has 1 aromatic carbocycles. The van der Waals surface area contributed by atoms with Crippen LogP contribution in [0.15, 0.2) is 29.2 Å². The minimum absolute atomic E-state index is 0.0530. The number of nitrogens with two attached hydrogens (primary N) is 1. The Hall–Kier alpha value is -1.16. The van der Waals surface area contributed by atoms with Gasteiger partial charge in [0.1, 0.15) is 0 Å². The fraction of sp³-hybridized carbons (Fsp3) is 0.333. The average Bonchev–Trinajstić information content (AvgIpc) is 2.32. The number of para-hydroxylation sites is 1. The van der Waals surface area contributed by atoms with Gasteiger partial charge in [0.25, 0.3) is 0 Å². The number of hydrogen-bond donors (Lipinski definition) is 2. The minimum atomic E-state index is -3.25. The Bertz CT molecular complexity index is 545. The van der Waals surface area contributed by atoms with E-state index < -0.39 is 10.0 Å². The summed E-state index contributed by atoms with van der Waals surface area (Å²) in [7, 11) is -3.25. The SMILES string of the molecule is CC#CCNS(=O)(=O)CCSc1ccccc1N. The van der Waals surface area contributed by atoms with E-state index in [4.69, 9.17) is 5.73 Å². The molecule has 0 aliphatic heterocycles. The first kappa shape index (κ1) is 14.9. The number of thioether (sulfide) groups is 1. The van der Waals surface area contributed by atoms with Crippen molar-refractivity contribution in [3.8, 4) is 11.8 Å². The molecule has 0 saturated heterocycles. The van der Waals surface area contributed by atoms with E-state index in [0.717, 1.165) is 4.90 Å². The van der Waals surface area contributed by atoms with Gasteiger partial charge in [-0.05, 0) is 19.1 Å². The second kappa shape index (κ2) is 7.31. The predicted molar refractivity (Wildman–Crippen MR) is 76.8 cm³/mol. The molecule has 0 aliphatic carbocycles. The molecule has 0 fully saturated rings. The highest BCUT2D eigenvalue weighted by molar-refractivity contribution is 8.00. The molecule has 0 radical (unpaired) electrons. The molecule has 18 heavy (non-hydrogen) atoms. The molecule has 0 unspecified atom stereocenters. The molecule has 0 heterocycles. The van der Waals surface area contributed by atoms with E-state index in [1.165, 1.54) is 11.8 Å². The standard InChI is InChI=1S/C12H16N2O2S2/c1-2-3-8-14-18(15,16)10-9-17-12-7-5-4-6-11(12)13/h4-7,14H,8-10,13H2,1H3. The molecule has 6 heteroatoms. The maximum atomic E-state index is 11.6. The van der Waals surface area contributed by atoms with Crippen molar-refractivity contribution >= 4 is 27.5 Å². The van der Waals surface area contributed by atoms with Gasteiger partial charge in [-0.3, -0.25) is 0 Å². The lowest BCUT2D eigenvalue weighted by molar-refractivity contribution is 0.587. The van der Waals surface area contributed by atoms with Crippen LogP contribution in [-0.2, 0) is 10.0 Å². The zero-order valence-electron chi connectivity index (χ0n) is 10.1. The highest BCUT2D eigenvalue weighted by Gasteiger charge is 2.09. The monoisotopic (exact) mass is 284 g/mol. The quantitative estimate of drug-likeness (QED) is 0.469. The number of nitrogens with one attached hydrogen (secondary N) is 1. The van der Waals surface area contributed by atoms with Gasteiger partial charge in [0.05, 0.1) is 12.3 Å². The first-order valence-corrected chi connectivity index (χ1v) is 8.03. The molecule has 1 rings (SSSR count). The summed E-state index contributed by atoms with van der Waals surface area (Å²) in [6.07, 6.45) is 0. The summed E-state index contributed by atoms with van der Waals surface area (Å²) < 4.78 is 25.5. The number of rotatable bonds is 6. The summed E-state index contributed by atoms with van der Waals surface area (Å²) in [5, 5.41) is 0. The van der Waals surface area contributed by atoms with E-state index in [2.05, 4.69) is 16.6 Å². The van der Waals surface area contributed by atoms with Crippen molar-refractivity contribution < 1.29 is 8.42 Å². The second-order valence-electron chi connectivity index (χ2n) is 3.45. The topological polar surface area (TPSA) is 72.2 Å². The summed E-state index contributed by atoms with van der Waals surface area (Å²) in [4.78, 5) is 0.904. The molecule has 0 aromatic heterocycles. The van der Waals surface area contributed by atoms with Crippen LogP contribution >= 0.6 is 11.8 Å². The largest absolute Gasteiger partial charge is 0.398 e. The molecular formula is C12H16N2O2S2. The van der Waals surface area contributed by atoms with Gasteiger partial charge in [0.15, 0.2) is 0 Å². The lowest BCUT2D eigenvalue weighted by Crippen LogP contribution is -2.27. The molecular weight excluding hydrogens is 268 g/mol.